The zero-order valence-electron chi connectivity index (χ0n) is 9.91. The molecule has 1 amide bonds. The summed E-state index contributed by atoms with van der Waals surface area (Å²) in [4.78, 5) is 11.1. The SMILES string of the molecule is O=C1CC(NCc2cccc(C3CC3)c2)CN1. The van der Waals surface area contributed by atoms with Crippen LogP contribution in [0.5, 0.6) is 0 Å². The van der Waals surface area contributed by atoms with E-state index in [-0.39, 0.29) is 5.91 Å². The molecule has 1 aliphatic carbocycles. The summed E-state index contributed by atoms with van der Waals surface area (Å²) < 4.78 is 0. The maximum absolute atomic E-state index is 11.1. The van der Waals surface area contributed by atoms with Gasteiger partial charge in [0.2, 0.25) is 5.91 Å². The molecule has 3 heteroatoms. The molecular weight excluding hydrogens is 212 g/mol. The van der Waals surface area contributed by atoms with Crippen LogP contribution in [0.2, 0.25) is 0 Å². The fourth-order valence-electron chi connectivity index (χ4n) is 2.39. The van der Waals surface area contributed by atoms with E-state index in [0.717, 1.165) is 19.0 Å². The highest BCUT2D eigenvalue weighted by atomic mass is 16.1. The Hall–Kier alpha value is -1.35. The smallest absolute Gasteiger partial charge is 0.221 e. The molecule has 1 aliphatic heterocycles. The lowest BCUT2D eigenvalue weighted by atomic mass is 10.1. The summed E-state index contributed by atoms with van der Waals surface area (Å²) >= 11 is 0. The second kappa shape index (κ2) is 4.49. The fourth-order valence-corrected chi connectivity index (χ4v) is 2.39. The lowest BCUT2D eigenvalue weighted by Gasteiger charge is -2.11. The zero-order valence-corrected chi connectivity index (χ0v) is 9.91. The van der Waals surface area contributed by atoms with Gasteiger partial charge in [0.15, 0.2) is 0 Å². The molecule has 1 aromatic carbocycles. The van der Waals surface area contributed by atoms with Crippen molar-refractivity contribution < 1.29 is 4.79 Å². The Bertz CT molecular complexity index is 426. The van der Waals surface area contributed by atoms with Crippen LogP contribution in [-0.2, 0) is 11.3 Å². The first-order valence-corrected chi connectivity index (χ1v) is 6.40. The van der Waals surface area contributed by atoms with E-state index in [1.807, 2.05) is 0 Å². The van der Waals surface area contributed by atoms with E-state index >= 15 is 0 Å². The average Bonchev–Trinajstić information content (AvgIpc) is 3.11. The molecule has 3 rings (SSSR count). The van der Waals surface area contributed by atoms with Crippen molar-refractivity contribution in [1.29, 1.82) is 0 Å². The number of amides is 1. The molecule has 1 saturated heterocycles. The summed E-state index contributed by atoms with van der Waals surface area (Å²) in [6.45, 7) is 1.63. The molecule has 1 saturated carbocycles. The molecule has 17 heavy (non-hydrogen) atoms. The summed E-state index contributed by atoms with van der Waals surface area (Å²) in [6, 6.07) is 9.12. The first kappa shape index (κ1) is 10.8. The number of nitrogens with one attached hydrogen (secondary N) is 2. The fraction of sp³-hybridized carbons (Fsp3) is 0.500. The maximum atomic E-state index is 11.1. The van der Waals surface area contributed by atoms with E-state index in [2.05, 4.69) is 34.9 Å². The molecule has 1 heterocycles. The first-order chi connectivity index (χ1) is 8.31. The molecular formula is C14H18N2O. The van der Waals surface area contributed by atoms with Crippen LogP contribution in [-0.4, -0.2) is 18.5 Å². The molecule has 3 nitrogen and oxygen atoms in total. The van der Waals surface area contributed by atoms with Gasteiger partial charge in [-0.05, 0) is 29.9 Å². The van der Waals surface area contributed by atoms with Crippen molar-refractivity contribution in [2.75, 3.05) is 6.54 Å². The Morgan fingerprint density at radius 1 is 1.35 bits per heavy atom. The number of hydrogen-bond acceptors (Lipinski definition) is 2. The lowest BCUT2D eigenvalue weighted by Crippen LogP contribution is -2.30. The molecule has 0 radical (unpaired) electrons. The van der Waals surface area contributed by atoms with Crippen LogP contribution in [0.25, 0.3) is 0 Å². The molecule has 2 aliphatic rings. The highest BCUT2D eigenvalue weighted by Crippen LogP contribution is 2.40. The highest BCUT2D eigenvalue weighted by Gasteiger charge is 2.23. The quantitative estimate of drug-likeness (QED) is 0.824. The van der Waals surface area contributed by atoms with E-state index < -0.39 is 0 Å². The molecule has 1 atom stereocenters. The molecule has 0 bridgehead atoms. The number of carbonyl (C=O) groups is 1. The van der Waals surface area contributed by atoms with Crippen molar-refractivity contribution >= 4 is 5.91 Å². The van der Waals surface area contributed by atoms with E-state index in [9.17, 15) is 4.79 Å². The van der Waals surface area contributed by atoms with Gasteiger partial charge in [-0.2, -0.15) is 0 Å². The predicted octanol–water partition coefficient (Wildman–Crippen LogP) is 1.54. The van der Waals surface area contributed by atoms with Crippen LogP contribution in [0.3, 0.4) is 0 Å². The monoisotopic (exact) mass is 230 g/mol. The van der Waals surface area contributed by atoms with Crippen molar-refractivity contribution in [1.82, 2.24) is 10.6 Å². The summed E-state index contributed by atoms with van der Waals surface area (Å²) in [5.74, 6) is 0.971. The van der Waals surface area contributed by atoms with Crippen LogP contribution in [0.1, 0.15) is 36.3 Å². The van der Waals surface area contributed by atoms with Gasteiger partial charge in [-0.3, -0.25) is 4.79 Å². The number of carbonyl (C=O) groups excluding carboxylic acids is 1. The summed E-state index contributed by atoms with van der Waals surface area (Å²) in [5, 5.41) is 6.28. The van der Waals surface area contributed by atoms with Crippen molar-refractivity contribution in [2.24, 2.45) is 0 Å². The van der Waals surface area contributed by atoms with Crippen LogP contribution < -0.4 is 10.6 Å². The van der Waals surface area contributed by atoms with E-state index in [0.29, 0.717) is 12.5 Å². The van der Waals surface area contributed by atoms with Gasteiger partial charge in [0.25, 0.3) is 0 Å². The highest BCUT2D eigenvalue weighted by molar-refractivity contribution is 5.78. The van der Waals surface area contributed by atoms with Gasteiger partial charge in [0.05, 0.1) is 0 Å². The third kappa shape index (κ3) is 2.67. The van der Waals surface area contributed by atoms with Crippen molar-refractivity contribution in [3.8, 4) is 0 Å². The topological polar surface area (TPSA) is 41.1 Å². The van der Waals surface area contributed by atoms with Gasteiger partial charge in [-0.15, -0.1) is 0 Å². The largest absolute Gasteiger partial charge is 0.354 e. The summed E-state index contributed by atoms with van der Waals surface area (Å²) in [6.07, 6.45) is 3.30. The van der Waals surface area contributed by atoms with E-state index in [1.165, 1.54) is 24.0 Å². The molecule has 2 fully saturated rings. The Kier molecular flexibility index (Phi) is 2.85. The Morgan fingerprint density at radius 3 is 2.94 bits per heavy atom. The molecule has 1 unspecified atom stereocenters. The first-order valence-electron chi connectivity index (χ1n) is 6.40. The second-order valence-electron chi connectivity index (χ2n) is 5.11. The Labute approximate surface area is 102 Å². The molecule has 2 N–H and O–H groups in total. The van der Waals surface area contributed by atoms with E-state index in [1.54, 1.807) is 0 Å². The standard InChI is InChI=1S/C14H18N2O/c17-14-7-13(9-16-14)15-8-10-2-1-3-12(6-10)11-4-5-11/h1-3,6,11,13,15H,4-5,7-9H2,(H,16,17). The number of rotatable bonds is 4. The van der Waals surface area contributed by atoms with Gasteiger partial charge in [0.1, 0.15) is 0 Å². The summed E-state index contributed by atoms with van der Waals surface area (Å²) in [5.41, 5.74) is 2.80. The van der Waals surface area contributed by atoms with Crippen LogP contribution in [0.15, 0.2) is 24.3 Å². The average molecular weight is 230 g/mol. The normalized spacial score (nSPS) is 23.8. The minimum atomic E-state index is 0.161. The van der Waals surface area contributed by atoms with Gasteiger partial charge >= 0.3 is 0 Å². The van der Waals surface area contributed by atoms with Gasteiger partial charge in [-0.1, -0.05) is 24.3 Å². The van der Waals surface area contributed by atoms with Gasteiger partial charge in [-0.25, -0.2) is 0 Å². The molecule has 0 aromatic heterocycles. The van der Waals surface area contributed by atoms with Crippen LogP contribution in [0.4, 0.5) is 0 Å². The third-order valence-corrected chi connectivity index (χ3v) is 3.57. The Morgan fingerprint density at radius 2 is 2.24 bits per heavy atom. The van der Waals surface area contributed by atoms with Crippen molar-refractivity contribution in [2.45, 2.75) is 37.8 Å². The number of hydrogen-bond donors (Lipinski definition) is 2. The van der Waals surface area contributed by atoms with Crippen LogP contribution in [0, 0.1) is 0 Å². The zero-order chi connectivity index (χ0) is 11.7. The predicted molar refractivity (Wildman–Crippen MR) is 66.7 cm³/mol. The van der Waals surface area contributed by atoms with Gasteiger partial charge < -0.3 is 10.6 Å². The lowest BCUT2D eigenvalue weighted by molar-refractivity contribution is -0.119. The molecule has 90 valence electrons. The van der Waals surface area contributed by atoms with E-state index in [4.69, 9.17) is 0 Å². The minimum absolute atomic E-state index is 0.161. The minimum Gasteiger partial charge on any atom is -0.354 e. The second-order valence-corrected chi connectivity index (χ2v) is 5.11. The van der Waals surface area contributed by atoms with Crippen LogP contribution >= 0.6 is 0 Å². The third-order valence-electron chi connectivity index (χ3n) is 3.57. The summed E-state index contributed by atoms with van der Waals surface area (Å²) in [7, 11) is 0. The van der Waals surface area contributed by atoms with Gasteiger partial charge in [0, 0.05) is 25.6 Å². The Balaban J connectivity index is 1.57. The van der Waals surface area contributed by atoms with Crippen molar-refractivity contribution in [3.63, 3.8) is 0 Å². The molecule has 0 spiro atoms. The maximum Gasteiger partial charge on any atom is 0.221 e. The number of benzene rings is 1. The molecule has 1 aromatic rings. The van der Waals surface area contributed by atoms with Crippen molar-refractivity contribution in [3.05, 3.63) is 35.4 Å².